The van der Waals surface area contributed by atoms with Crippen molar-refractivity contribution in [1.29, 1.82) is 0 Å². The zero-order valence-corrected chi connectivity index (χ0v) is 7.88. The van der Waals surface area contributed by atoms with E-state index in [-0.39, 0.29) is 23.6 Å². The molecule has 14 heavy (non-hydrogen) atoms. The molecular formula is C9H8ClFO3. The lowest BCUT2D eigenvalue weighted by Gasteiger charge is -2.04. The summed E-state index contributed by atoms with van der Waals surface area (Å²) in [7, 11) is 0. The number of carboxylic acids is 1. The summed E-state index contributed by atoms with van der Waals surface area (Å²) in [5.74, 6) is -1.97. The van der Waals surface area contributed by atoms with Crippen LogP contribution in [-0.2, 0) is 11.2 Å². The number of hydrogen-bond acceptors (Lipinski definition) is 2. The molecule has 0 spiro atoms. The number of rotatable bonds is 3. The van der Waals surface area contributed by atoms with Gasteiger partial charge in [-0.3, -0.25) is 4.79 Å². The van der Waals surface area contributed by atoms with Crippen LogP contribution in [-0.4, -0.2) is 16.2 Å². The molecule has 3 nitrogen and oxygen atoms in total. The molecule has 1 aromatic carbocycles. The van der Waals surface area contributed by atoms with Crippen LogP contribution in [0.3, 0.4) is 0 Å². The molecule has 0 aliphatic rings. The number of halogens is 2. The summed E-state index contributed by atoms with van der Waals surface area (Å²) in [6.45, 7) is 0. The minimum Gasteiger partial charge on any atom is -0.508 e. The van der Waals surface area contributed by atoms with Gasteiger partial charge in [-0.1, -0.05) is 11.6 Å². The topological polar surface area (TPSA) is 57.5 Å². The number of aryl methyl sites for hydroxylation is 1. The van der Waals surface area contributed by atoms with E-state index in [1.807, 2.05) is 0 Å². The van der Waals surface area contributed by atoms with Crippen molar-refractivity contribution in [3.63, 3.8) is 0 Å². The minimum absolute atomic E-state index is 0.122. The van der Waals surface area contributed by atoms with Crippen molar-refractivity contribution >= 4 is 17.6 Å². The summed E-state index contributed by atoms with van der Waals surface area (Å²) in [5.41, 5.74) is 0.332. The van der Waals surface area contributed by atoms with Crippen molar-refractivity contribution in [2.24, 2.45) is 0 Å². The maximum absolute atomic E-state index is 12.8. The number of carboxylic acid groups (broad SMARTS) is 1. The van der Waals surface area contributed by atoms with Gasteiger partial charge in [0.1, 0.15) is 11.6 Å². The van der Waals surface area contributed by atoms with Crippen LogP contribution in [0.4, 0.5) is 4.39 Å². The summed E-state index contributed by atoms with van der Waals surface area (Å²) < 4.78 is 12.8. The Hall–Kier alpha value is -1.29. The Morgan fingerprint density at radius 1 is 1.50 bits per heavy atom. The average Bonchev–Trinajstić information content (AvgIpc) is 2.09. The molecular weight excluding hydrogens is 211 g/mol. The molecule has 0 amide bonds. The van der Waals surface area contributed by atoms with Crippen LogP contribution in [0.25, 0.3) is 0 Å². The Labute approximate surface area is 84.7 Å². The summed E-state index contributed by atoms with van der Waals surface area (Å²) in [5, 5.41) is 17.5. The number of phenols is 1. The van der Waals surface area contributed by atoms with Crippen LogP contribution >= 0.6 is 11.6 Å². The molecule has 0 unspecified atom stereocenters. The summed E-state index contributed by atoms with van der Waals surface area (Å²) in [4.78, 5) is 10.2. The standard InChI is InChI=1S/C9H8ClFO3/c10-6-3-5(1-2-9(13)14)8(12)4-7(6)11/h3-4,12H,1-2H2,(H,13,14). The number of aliphatic carboxylic acids is 1. The second-order valence-electron chi connectivity index (χ2n) is 2.79. The van der Waals surface area contributed by atoms with Gasteiger partial charge in [-0.15, -0.1) is 0 Å². The van der Waals surface area contributed by atoms with Gasteiger partial charge in [0.15, 0.2) is 0 Å². The maximum Gasteiger partial charge on any atom is 0.303 e. The van der Waals surface area contributed by atoms with E-state index in [1.54, 1.807) is 0 Å². The van der Waals surface area contributed by atoms with Gasteiger partial charge in [0.2, 0.25) is 0 Å². The first-order valence-corrected chi connectivity index (χ1v) is 4.27. The Balaban J connectivity index is 2.87. The average molecular weight is 219 g/mol. The van der Waals surface area contributed by atoms with Gasteiger partial charge in [-0.2, -0.15) is 0 Å². The van der Waals surface area contributed by atoms with Crippen LogP contribution in [0.15, 0.2) is 12.1 Å². The molecule has 0 aliphatic heterocycles. The van der Waals surface area contributed by atoms with Gasteiger partial charge < -0.3 is 10.2 Å². The quantitative estimate of drug-likeness (QED) is 0.818. The molecule has 76 valence electrons. The Morgan fingerprint density at radius 2 is 2.14 bits per heavy atom. The Bertz CT molecular complexity index is 365. The third-order valence-electron chi connectivity index (χ3n) is 1.73. The van der Waals surface area contributed by atoms with Crippen LogP contribution in [0.2, 0.25) is 5.02 Å². The summed E-state index contributed by atoms with van der Waals surface area (Å²) >= 11 is 5.47. The van der Waals surface area contributed by atoms with E-state index in [0.717, 1.165) is 6.07 Å². The maximum atomic E-state index is 12.8. The SMILES string of the molecule is O=C(O)CCc1cc(Cl)c(F)cc1O. The molecule has 1 aromatic rings. The fourth-order valence-electron chi connectivity index (χ4n) is 1.02. The Morgan fingerprint density at radius 3 is 2.71 bits per heavy atom. The van der Waals surface area contributed by atoms with E-state index in [1.165, 1.54) is 6.07 Å². The molecule has 0 radical (unpaired) electrons. The number of hydrogen-bond donors (Lipinski definition) is 2. The van der Waals surface area contributed by atoms with Crippen molar-refractivity contribution in [1.82, 2.24) is 0 Å². The second-order valence-corrected chi connectivity index (χ2v) is 3.20. The molecule has 2 N–H and O–H groups in total. The number of phenolic OH excluding ortho intramolecular Hbond substituents is 1. The Kier molecular flexibility index (Phi) is 3.30. The van der Waals surface area contributed by atoms with Gasteiger partial charge in [-0.05, 0) is 18.1 Å². The monoisotopic (exact) mass is 218 g/mol. The lowest BCUT2D eigenvalue weighted by Crippen LogP contribution is -1.98. The van der Waals surface area contributed by atoms with Gasteiger partial charge in [0.05, 0.1) is 5.02 Å². The van der Waals surface area contributed by atoms with E-state index >= 15 is 0 Å². The normalized spacial score (nSPS) is 10.1. The fourth-order valence-corrected chi connectivity index (χ4v) is 1.21. The fraction of sp³-hybridized carbons (Fsp3) is 0.222. The lowest BCUT2D eigenvalue weighted by molar-refractivity contribution is -0.136. The van der Waals surface area contributed by atoms with Crippen molar-refractivity contribution in [2.75, 3.05) is 0 Å². The first kappa shape index (κ1) is 10.8. The predicted molar refractivity (Wildman–Crippen MR) is 49.0 cm³/mol. The summed E-state index contributed by atoms with van der Waals surface area (Å²) in [6, 6.07) is 2.11. The molecule has 0 atom stereocenters. The molecule has 0 aromatic heterocycles. The largest absolute Gasteiger partial charge is 0.508 e. The molecule has 5 heteroatoms. The van der Waals surface area contributed by atoms with Crippen LogP contribution in [0, 0.1) is 5.82 Å². The molecule has 0 saturated carbocycles. The van der Waals surface area contributed by atoms with E-state index in [4.69, 9.17) is 16.7 Å². The number of carbonyl (C=O) groups is 1. The van der Waals surface area contributed by atoms with Gasteiger partial charge >= 0.3 is 5.97 Å². The molecule has 1 rings (SSSR count). The lowest BCUT2D eigenvalue weighted by atomic mass is 10.1. The van der Waals surface area contributed by atoms with Gasteiger partial charge in [0.25, 0.3) is 0 Å². The minimum atomic E-state index is -0.982. The third-order valence-corrected chi connectivity index (χ3v) is 2.02. The molecule has 0 fully saturated rings. The first-order chi connectivity index (χ1) is 6.50. The van der Waals surface area contributed by atoms with E-state index in [9.17, 15) is 14.3 Å². The summed E-state index contributed by atoms with van der Waals surface area (Å²) in [6.07, 6.45) is -0.00329. The van der Waals surface area contributed by atoms with Gasteiger partial charge in [-0.25, -0.2) is 4.39 Å². The van der Waals surface area contributed by atoms with Gasteiger partial charge in [0, 0.05) is 12.5 Å². The highest BCUT2D eigenvalue weighted by molar-refractivity contribution is 6.30. The predicted octanol–water partition coefficient (Wildman–Crippen LogP) is 2.20. The second kappa shape index (κ2) is 4.28. The molecule has 0 saturated heterocycles. The first-order valence-electron chi connectivity index (χ1n) is 3.89. The third kappa shape index (κ3) is 2.60. The highest BCUT2D eigenvalue weighted by atomic mass is 35.5. The van der Waals surface area contributed by atoms with Crippen LogP contribution in [0.1, 0.15) is 12.0 Å². The van der Waals surface area contributed by atoms with E-state index in [2.05, 4.69) is 0 Å². The smallest absolute Gasteiger partial charge is 0.303 e. The van der Waals surface area contributed by atoms with Crippen LogP contribution in [0.5, 0.6) is 5.75 Å². The van der Waals surface area contributed by atoms with E-state index < -0.39 is 11.8 Å². The molecule has 0 bridgehead atoms. The molecule has 0 heterocycles. The highest BCUT2D eigenvalue weighted by Gasteiger charge is 2.08. The number of benzene rings is 1. The van der Waals surface area contributed by atoms with Crippen molar-refractivity contribution in [3.8, 4) is 5.75 Å². The zero-order chi connectivity index (χ0) is 10.7. The van der Waals surface area contributed by atoms with Crippen molar-refractivity contribution in [3.05, 3.63) is 28.5 Å². The molecule has 0 aliphatic carbocycles. The number of aromatic hydroxyl groups is 1. The van der Waals surface area contributed by atoms with Crippen molar-refractivity contribution in [2.45, 2.75) is 12.8 Å². The van der Waals surface area contributed by atoms with Crippen LogP contribution < -0.4 is 0 Å². The highest BCUT2D eigenvalue weighted by Crippen LogP contribution is 2.25. The van der Waals surface area contributed by atoms with Crippen molar-refractivity contribution < 1.29 is 19.4 Å². The van der Waals surface area contributed by atoms with E-state index in [0.29, 0.717) is 5.56 Å². The zero-order valence-electron chi connectivity index (χ0n) is 7.13.